The molecule has 152 valence electrons. The largest absolute Gasteiger partial charge is 0.355 e. The highest BCUT2D eigenvalue weighted by Gasteiger charge is 2.27. The van der Waals surface area contributed by atoms with E-state index in [2.05, 4.69) is 48.9 Å². The Morgan fingerprint density at radius 2 is 1.76 bits per heavy atom. The lowest BCUT2D eigenvalue weighted by molar-refractivity contribution is 0.356. The predicted molar refractivity (Wildman–Crippen MR) is 124 cm³/mol. The van der Waals surface area contributed by atoms with Gasteiger partial charge in [-0.3, -0.25) is 0 Å². The monoisotopic (exact) mass is 425 g/mol. The molecular weight excluding hydrogens is 398 g/mol. The van der Waals surface area contributed by atoms with Crippen molar-refractivity contribution in [2.24, 2.45) is 11.8 Å². The number of hydrogen-bond donors (Lipinski definition) is 0. The number of anilines is 1. The molecule has 0 bridgehead atoms. The van der Waals surface area contributed by atoms with Crippen molar-refractivity contribution in [2.75, 3.05) is 18.0 Å². The second-order valence-electron chi connectivity index (χ2n) is 9.07. The van der Waals surface area contributed by atoms with Gasteiger partial charge in [0.25, 0.3) is 0 Å². The number of halogens is 1. The summed E-state index contributed by atoms with van der Waals surface area (Å²) in [5, 5.41) is 1.55. The Morgan fingerprint density at radius 1 is 1.03 bits per heavy atom. The number of hydrogen-bond acceptors (Lipinski definition) is 4. The number of aryl methyl sites for hydroxylation is 3. The minimum absolute atomic E-state index is 0.358. The van der Waals surface area contributed by atoms with Crippen LogP contribution in [0, 0.1) is 18.8 Å². The first kappa shape index (κ1) is 19.3. The second-order valence-corrected chi connectivity index (χ2v) is 10.6. The van der Waals surface area contributed by atoms with Crippen LogP contribution in [-0.4, -0.2) is 23.1 Å². The van der Waals surface area contributed by atoms with E-state index in [9.17, 15) is 0 Å². The summed E-state index contributed by atoms with van der Waals surface area (Å²) in [6.07, 6.45) is 6.30. The van der Waals surface area contributed by atoms with Gasteiger partial charge in [-0.2, -0.15) is 4.98 Å². The van der Waals surface area contributed by atoms with E-state index >= 15 is 0 Å². The third-order valence-electron chi connectivity index (χ3n) is 6.49. The van der Waals surface area contributed by atoms with Crippen LogP contribution in [0.2, 0.25) is 5.28 Å². The SMILES string of the molecule is Cc1sc2nc(Cl)nc(N3CC(C)CC(C)C3)c2c1-c1ccc2c(c1)CCCC2. The Morgan fingerprint density at radius 3 is 2.52 bits per heavy atom. The van der Waals surface area contributed by atoms with Crippen molar-refractivity contribution in [1.29, 1.82) is 0 Å². The maximum atomic E-state index is 6.38. The Labute approximate surface area is 182 Å². The summed E-state index contributed by atoms with van der Waals surface area (Å²) in [7, 11) is 0. The van der Waals surface area contributed by atoms with Gasteiger partial charge in [0, 0.05) is 23.5 Å². The average Bonchev–Trinajstić information content (AvgIpc) is 3.01. The van der Waals surface area contributed by atoms with Gasteiger partial charge in [0.1, 0.15) is 10.6 Å². The van der Waals surface area contributed by atoms with Crippen molar-refractivity contribution in [3.63, 3.8) is 0 Å². The fourth-order valence-electron chi connectivity index (χ4n) is 5.37. The summed E-state index contributed by atoms with van der Waals surface area (Å²) < 4.78 is 0. The zero-order valence-electron chi connectivity index (χ0n) is 17.5. The lowest BCUT2D eigenvalue weighted by Gasteiger charge is -2.36. The molecule has 2 unspecified atom stereocenters. The molecule has 2 atom stereocenters. The number of piperidine rings is 1. The molecule has 2 aromatic heterocycles. The smallest absolute Gasteiger partial charge is 0.225 e. The van der Waals surface area contributed by atoms with Crippen molar-refractivity contribution >= 4 is 39.0 Å². The van der Waals surface area contributed by atoms with Gasteiger partial charge >= 0.3 is 0 Å². The molecule has 0 saturated carbocycles. The van der Waals surface area contributed by atoms with Gasteiger partial charge in [-0.25, -0.2) is 4.98 Å². The molecule has 5 rings (SSSR count). The Hall–Kier alpha value is -1.65. The topological polar surface area (TPSA) is 29.0 Å². The quantitative estimate of drug-likeness (QED) is 0.428. The molecule has 0 radical (unpaired) electrons. The summed E-state index contributed by atoms with van der Waals surface area (Å²) in [4.78, 5) is 14.1. The van der Waals surface area contributed by atoms with E-state index in [1.165, 1.54) is 64.6 Å². The molecular formula is C24H28ClN3S. The van der Waals surface area contributed by atoms with E-state index in [-0.39, 0.29) is 0 Å². The van der Waals surface area contributed by atoms with Crippen LogP contribution < -0.4 is 4.90 Å². The van der Waals surface area contributed by atoms with E-state index in [1.54, 1.807) is 11.3 Å². The molecule has 0 amide bonds. The molecule has 3 heterocycles. The second kappa shape index (κ2) is 7.55. The maximum Gasteiger partial charge on any atom is 0.225 e. The van der Waals surface area contributed by atoms with Crippen molar-refractivity contribution in [1.82, 2.24) is 9.97 Å². The molecule has 0 N–H and O–H groups in total. The zero-order chi connectivity index (χ0) is 20.1. The summed E-state index contributed by atoms with van der Waals surface area (Å²) in [5.41, 5.74) is 5.65. The Bertz CT molecular complexity index is 1060. The minimum atomic E-state index is 0.358. The van der Waals surface area contributed by atoms with E-state index in [0.717, 1.165) is 23.7 Å². The van der Waals surface area contributed by atoms with Crippen molar-refractivity contribution in [3.8, 4) is 11.1 Å². The molecule has 1 aromatic carbocycles. The molecule has 1 saturated heterocycles. The fraction of sp³-hybridized carbons (Fsp3) is 0.500. The van der Waals surface area contributed by atoms with Gasteiger partial charge in [-0.05, 0) is 79.2 Å². The van der Waals surface area contributed by atoms with E-state index in [0.29, 0.717) is 17.1 Å². The highest BCUT2D eigenvalue weighted by molar-refractivity contribution is 7.19. The van der Waals surface area contributed by atoms with Gasteiger partial charge in [0.05, 0.1) is 5.39 Å². The van der Waals surface area contributed by atoms with Gasteiger partial charge in [-0.1, -0.05) is 32.0 Å². The first-order chi connectivity index (χ1) is 14.0. The van der Waals surface area contributed by atoms with Crippen molar-refractivity contribution in [3.05, 3.63) is 39.5 Å². The molecule has 3 nitrogen and oxygen atoms in total. The van der Waals surface area contributed by atoms with Gasteiger partial charge < -0.3 is 4.90 Å². The van der Waals surface area contributed by atoms with Crippen LogP contribution in [-0.2, 0) is 12.8 Å². The van der Waals surface area contributed by atoms with Crippen LogP contribution in [0.15, 0.2) is 18.2 Å². The summed E-state index contributed by atoms with van der Waals surface area (Å²) in [5.74, 6) is 2.35. The maximum absolute atomic E-state index is 6.38. The summed E-state index contributed by atoms with van der Waals surface area (Å²) in [6.45, 7) is 8.95. The lowest BCUT2D eigenvalue weighted by atomic mass is 9.88. The number of nitrogens with zero attached hydrogens (tertiary/aromatic N) is 3. The molecule has 1 aliphatic carbocycles. The number of fused-ring (bicyclic) bond motifs is 2. The van der Waals surface area contributed by atoms with Crippen LogP contribution in [0.5, 0.6) is 0 Å². The molecule has 2 aliphatic rings. The third kappa shape index (κ3) is 3.55. The lowest BCUT2D eigenvalue weighted by Crippen LogP contribution is -2.39. The number of rotatable bonds is 2. The molecule has 29 heavy (non-hydrogen) atoms. The fourth-order valence-corrected chi connectivity index (χ4v) is 6.62. The van der Waals surface area contributed by atoms with Crippen molar-refractivity contribution in [2.45, 2.75) is 52.9 Å². The highest BCUT2D eigenvalue weighted by atomic mass is 35.5. The number of thiophene rings is 1. The molecule has 1 aliphatic heterocycles. The normalized spacial score (nSPS) is 22.1. The minimum Gasteiger partial charge on any atom is -0.355 e. The Balaban J connectivity index is 1.69. The van der Waals surface area contributed by atoms with Crippen LogP contribution in [0.25, 0.3) is 21.3 Å². The van der Waals surface area contributed by atoms with E-state index in [1.807, 2.05) is 0 Å². The molecule has 0 spiro atoms. The van der Waals surface area contributed by atoms with Crippen LogP contribution in [0.1, 0.15) is 49.1 Å². The standard InChI is InChI=1S/C24H28ClN3S/c1-14-10-15(2)13-28(12-14)22-21-20(16(3)29-23(21)27-24(25)26-22)19-9-8-17-6-4-5-7-18(17)11-19/h8-9,11,14-15H,4-7,10,12-13H2,1-3H3. The summed E-state index contributed by atoms with van der Waals surface area (Å²) in [6, 6.07) is 7.07. The molecule has 1 fully saturated rings. The van der Waals surface area contributed by atoms with Gasteiger partial charge in [0.15, 0.2) is 0 Å². The summed E-state index contributed by atoms with van der Waals surface area (Å²) >= 11 is 8.12. The molecule has 3 aromatic rings. The Kier molecular flexibility index (Phi) is 5.03. The highest BCUT2D eigenvalue weighted by Crippen LogP contribution is 2.44. The van der Waals surface area contributed by atoms with E-state index < -0.39 is 0 Å². The van der Waals surface area contributed by atoms with E-state index in [4.69, 9.17) is 16.6 Å². The third-order valence-corrected chi connectivity index (χ3v) is 7.65. The first-order valence-corrected chi connectivity index (χ1v) is 12.0. The van der Waals surface area contributed by atoms with Crippen LogP contribution >= 0.6 is 22.9 Å². The molecule has 5 heteroatoms. The predicted octanol–water partition coefficient (Wildman–Crippen LogP) is 6.68. The van der Waals surface area contributed by atoms with Crippen LogP contribution in [0.4, 0.5) is 5.82 Å². The van der Waals surface area contributed by atoms with Gasteiger partial charge in [0.2, 0.25) is 5.28 Å². The number of aromatic nitrogens is 2. The zero-order valence-corrected chi connectivity index (χ0v) is 19.0. The first-order valence-electron chi connectivity index (χ1n) is 10.8. The number of benzene rings is 1. The average molecular weight is 426 g/mol. The van der Waals surface area contributed by atoms with Crippen molar-refractivity contribution < 1.29 is 0 Å². The van der Waals surface area contributed by atoms with Gasteiger partial charge in [-0.15, -0.1) is 11.3 Å². The van der Waals surface area contributed by atoms with Crippen LogP contribution in [0.3, 0.4) is 0 Å².